The summed E-state index contributed by atoms with van der Waals surface area (Å²) < 4.78 is 50.1. The number of carbonyl (C=O) groups is 1. The number of fused-ring (bicyclic) bond motifs is 1. The smallest absolute Gasteiger partial charge is 0.229 e. The summed E-state index contributed by atoms with van der Waals surface area (Å²) in [4.78, 5) is 12.0. The largest absolute Gasteiger partial charge is 0.497 e. The Balaban J connectivity index is 1.79. The van der Waals surface area contributed by atoms with E-state index in [1.54, 1.807) is 18.2 Å². The van der Waals surface area contributed by atoms with E-state index in [2.05, 4.69) is 5.32 Å². The number of ether oxygens (including phenoxy) is 1. The molecule has 1 amide bonds. The summed E-state index contributed by atoms with van der Waals surface area (Å²) in [7, 11) is 1.52. The highest BCUT2D eigenvalue weighted by molar-refractivity contribution is 5.95. The van der Waals surface area contributed by atoms with Crippen LogP contribution in [0.25, 0.3) is 11.0 Å². The zero-order chi connectivity index (χ0) is 17.3. The van der Waals surface area contributed by atoms with E-state index in [1.807, 2.05) is 0 Å². The third-order valence-electron chi connectivity index (χ3n) is 3.52. The van der Waals surface area contributed by atoms with Crippen molar-refractivity contribution >= 4 is 22.6 Å². The molecule has 0 saturated carbocycles. The van der Waals surface area contributed by atoms with Crippen LogP contribution in [0.4, 0.5) is 18.9 Å². The predicted octanol–water partition coefficient (Wildman–Crippen LogP) is 4.04. The van der Waals surface area contributed by atoms with Crippen LogP contribution in [0.1, 0.15) is 5.56 Å². The first-order valence-corrected chi connectivity index (χ1v) is 6.97. The molecule has 1 N–H and O–H groups in total. The van der Waals surface area contributed by atoms with Crippen molar-refractivity contribution in [2.75, 3.05) is 12.4 Å². The van der Waals surface area contributed by atoms with Crippen molar-refractivity contribution in [1.29, 1.82) is 0 Å². The number of nitrogens with one attached hydrogen (secondary N) is 1. The molecule has 0 unspecified atom stereocenters. The molecule has 2 aromatic carbocycles. The third-order valence-corrected chi connectivity index (χ3v) is 3.52. The molecule has 24 heavy (non-hydrogen) atoms. The van der Waals surface area contributed by atoms with Crippen LogP contribution in [-0.4, -0.2) is 13.0 Å². The lowest BCUT2D eigenvalue weighted by atomic mass is 10.1. The van der Waals surface area contributed by atoms with Crippen LogP contribution in [0, 0.1) is 17.5 Å². The Bertz CT molecular complexity index is 921. The van der Waals surface area contributed by atoms with Gasteiger partial charge in [0.2, 0.25) is 5.91 Å². The van der Waals surface area contributed by atoms with Gasteiger partial charge in [0, 0.05) is 17.0 Å². The molecule has 1 aromatic heterocycles. The average Bonchev–Trinajstić information content (AvgIpc) is 2.97. The second-order valence-corrected chi connectivity index (χ2v) is 5.07. The van der Waals surface area contributed by atoms with Gasteiger partial charge in [0.25, 0.3) is 0 Å². The fourth-order valence-electron chi connectivity index (χ4n) is 2.32. The number of benzene rings is 2. The van der Waals surface area contributed by atoms with Crippen molar-refractivity contribution in [2.45, 2.75) is 6.42 Å². The molecule has 124 valence electrons. The Morgan fingerprint density at radius 2 is 1.96 bits per heavy atom. The van der Waals surface area contributed by atoms with E-state index < -0.39 is 29.0 Å². The summed E-state index contributed by atoms with van der Waals surface area (Å²) in [5.41, 5.74) is 0.692. The molecule has 1 heterocycles. The number of furan rings is 1. The maximum atomic E-state index is 13.6. The summed E-state index contributed by atoms with van der Waals surface area (Å²) in [6.45, 7) is 0. The molecule has 0 bridgehead atoms. The SMILES string of the molecule is COc1ccc2c(CC(=O)Nc3ccc(F)c(F)c3F)coc2c1. The molecule has 3 rings (SSSR count). The van der Waals surface area contributed by atoms with E-state index in [-0.39, 0.29) is 6.42 Å². The number of methoxy groups -OCH3 is 1. The number of hydrogen-bond acceptors (Lipinski definition) is 3. The van der Waals surface area contributed by atoms with E-state index in [0.29, 0.717) is 22.3 Å². The van der Waals surface area contributed by atoms with Crippen molar-refractivity contribution in [3.8, 4) is 5.75 Å². The van der Waals surface area contributed by atoms with Gasteiger partial charge in [0.05, 0.1) is 25.5 Å². The van der Waals surface area contributed by atoms with Crippen LogP contribution in [0.5, 0.6) is 5.75 Å². The second-order valence-electron chi connectivity index (χ2n) is 5.07. The molecule has 3 aromatic rings. The van der Waals surface area contributed by atoms with E-state index in [0.717, 1.165) is 12.1 Å². The van der Waals surface area contributed by atoms with Crippen molar-refractivity contribution in [2.24, 2.45) is 0 Å². The Morgan fingerprint density at radius 3 is 2.71 bits per heavy atom. The lowest BCUT2D eigenvalue weighted by molar-refractivity contribution is -0.115. The molecule has 7 heteroatoms. The maximum absolute atomic E-state index is 13.6. The predicted molar refractivity (Wildman–Crippen MR) is 81.4 cm³/mol. The van der Waals surface area contributed by atoms with Crippen molar-refractivity contribution in [3.05, 3.63) is 59.6 Å². The van der Waals surface area contributed by atoms with Crippen molar-refractivity contribution in [3.63, 3.8) is 0 Å². The van der Waals surface area contributed by atoms with Crippen LogP contribution in [-0.2, 0) is 11.2 Å². The summed E-state index contributed by atoms with van der Waals surface area (Å²) in [5.74, 6) is -4.37. The first-order valence-electron chi connectivity index (χ1n) is 6.97. The molecule has 0 radical (unpaired) electrons. The Morgan fingerprint density at radius 1 is 1.17 bits per heavy atom. The zero-order valence-corrected chi connectivity index (χ0v) is 12.5. The fourth-order valence-corrected chi connectivity index (χ4v) is 2.32. The van der Waals surface area contributed by atoms with E-state index in [1.165, 1.54) is 13.4 Å². The number of hydrogen-bond donors (Lipinski definition) is 1. The molecule has 4 nitrogen and oxygen atoms in total. The van der Waals surface area contributed by atoms with Gasteiger partial charge in [-0.05, 0) is 24.3 Å². The van der Waals surface area contributed by atoms with E-state index in [4.69, 9.17) is 9.15 Å². The maximum Gasteiger partial charge on any atom is 0.229 e. The highest BCUT2D eigenvalue weighted by atomic mass is 19.2. The highest BCUT2D eigenvalue weighted by Gasteiger charge is 2.16. The standard InChI is InChI=1S/C17H12F3NO3/c1-23-10-2-3-11-9(8-24-14(11)7-10)6-15(22)21-13-5-4-12(18)16(19)17(13)20/h2-5,7-8H,6H2,1H3,(H,21,22). The van der Waals surface area contributed by atoms with Gasteiger partial charge in [0.15, 0.2) is 17.5 Å². The minimum atomic E-state index is -1.63. The average molecular weight is 335 g/mol. The molecular weight excluding hydrogens is 323 g/mol. The van der Waals surface area contributed by atoms with Crippen LogP contribution < -0.4 is 10.1 Å². The zero-order valence-electron chi connectivity index (χ0n) is 12.5. The Kier molecular flexibility index (Phi) is 4.16. The lowest BCUT2D eigenvalue weighted by Crippen LogP contribution is -2.16. The quantitative estimate of drug-likeness (QED) is 0.732. The number of carbonyl (C=O) groups excluding carboxylic acids is 1. The van der Waals surface area contributed by atoms with Gasteiger partial charge in [0.1, 0.15) is 11.3 Å². The van der Waals surface area contributed by atoms with Gasteiger partial charge in [-0.2, -0.15) is 0 Å². The molecule has 0 spiro atoms. The summed E-state index contributed by atoms with van der Waals surface area (Å²) in [6, 6.07) is 6.83. The van der Waals surface area contributed by atoms with E-state index in [9.17, 15) is 18.0 Å². The van der Waals surface area contributed by atoms with Crippen molar-refractivity contribution < 1.29 is 27.1 Å². The van der Waals surface area contributed by atoms with Gasteiger partial charge in [-0.1, -0.05) is 0 Å². The molecule has 0 aliphatic heterocycles. The van der Waals surface area contributed by atoms with Crippen molar-refractivity contribution in [1.82, 2.24) is 0 Å². The first-order chi connectivity index (χ1) is 11.5. The summed E-state index contributed by atoms with van der Waals surface area (Å²) >= 11 is 0. The first kappa shape index (κ1) is 15.9. The second kappa shape index (κ2) is 6.27. The molecule has 0 aliphatic rings. The third kappa shape index (κ3) is 2.92. The van der Waals surface area contributed by atoms with Crippen LogP contribution in [0.2, 0.25) is 0 Å². The molecule has 0 saturated heterocycles. The van der Waals surface area contributed by atoms with Crippen LogP contribution >= 0.6 is 0 Å². The number of anilines is 1. The minimum absolute atomic E-state index is 0.113. The van der Waals surface area contributed by atoms with Crippen LogP contribution in [0.3, 0.4) is 0 Å². The monoisotopic (exact) mass is 335 g/mol. The van der Waals surface area contributed by atoms with Gasteiger partial charge < -0.3 is 14.5 Å². The summed E-state index contributed by atoms with van der Waals surface area (Å²) in [6.07, 6.45) is 1.29. The molecule has 0 atom stereocenters. The highest BCUT2D eigenvalue weighted by Crippen LogP contribution is 2.26. The fraction of sp³-hybridized carbons (Fsp3) is 0.118. The normalized spacial score (nSPS) is 10.8. The lowest BCUT2D eigenvalue weighted by Gasteiger charge is -2.07. The van der Waals surface area contributed by atoms with Crippen LogP contribution in [0.15, 0.2) is 41.0 Å². The molecular formula is C17H12F3NO3. The van der Waals surface area contributed by atoms with Gasteiger partial charge in [-0.15, -0.1) is 0 Å². The summed E-state index contributed by atoms with van der Waals surface area (Å²) in [5, 5.41) is 2.92. The minimum Gasteiger partial charge on any atom is -0.497 e. The molecule has 0 fully saturated rings. The molecule has 0 aliphatic carbocycles. The Hall–Kier alpha value is -2.96. The number of rotatable bonds is 4. The van der Waals surface area contributed by atoms with Gasteiger partial charge >= 0.3 is 0 Å². The Labute approximate surface area is 134 Å². The topological polar surface area (TPSA) is 51.5 Å². The van der Waals surface area contributed by atoms with Gasteiger partial charge in [-0.25, -0.2) is 13.2 Å². The van der Waals surface area contributed by atoms with E-state index >= 15 is 0 Å². The van der Waals surface area contributed by atoms with Gasteiger partial charge in [-0.3, -0.25) is 4.79 Å². The number of halogens is 3. The number of amides is 1.